The molecule has 0 spiro atoms. The normalized spacial score (nSPS) is 19.1. The molecule has 5 heteroatoms. The summed E-state index contributed by atoms with van der Waals surface area (Å²) in [5.41, 5.74) is 2.40. The van der Waals surface area contributed by atoms with E-state index in [1.54, 1.807) is 11.3 Å². The molecule has 1 fully saturated rings. The van der Waals surface area contributed by atoms with Gasteiger partial charge in [0.05, 0.1) is 10.7 Å². The van der Waals surface area contributed by atoms with Gasteiger partial charge in [0.2, 0.25) is 0 Å². The molecule has 0 bridgehead atoms. The minimum Gasteiger partial charge on any atom is -0.396 e. The van der Waals surface area contributed by atoms with E-state index in [1.807, 2.05) is 12.1 Å². The van der Waals surface area contributed by atoms with Crippen LogP contribution in [0.25, 0.3) is 0 Å². The zero-order chi connectivity index (χ0) is 16.1. The standard InChI is InChI=1S/C18H23ClN2OS/c19-15-6-4-14(5-7-15)11-18-20-16(13-23-18)12-21-9-2-1-3-17(21)8-10-22/h4-7,13,17,22H,1-3,8-12H2. The molecule has 23 heavy (non-hydrogen) atoms. The predicted octanol–water partition coefficient (Wildman–Crippen LogP) is 4.12. The molecule has 1 aromatic carbocycles. The summed E-state index contributed by atoms with van der Waals surface area (Å²) in [6, 6.07) is 8.49. The van der Waals surface area contributed by atoms with Crippen LogP contribution in [0.15, 0.2) is 29.6 Å². The molecule has 1 aliphatic rings. The lowest BCUT2D eigenvalue weighted by molar-refractivity contribution is 0.111. The summed E-state index contributed by atoms with van der Waals surface area (Å²) in [5.74, 6) is 0. The SMILES string of the molecule is OCCC1CCCCN1Cc1csc(Cc2ccc(Cl)cc2)n1. The van der Waals surface area contributed by atoms with Gasteiger partial charge < -0.3 is 5.11 Å². The van der Waals surface area contributed by atoms with Crippen LogP contribution in [0.2, 0.25) is 5.02 Å². The van der Waals surface area contributed by atoms with Crippen LogP contribution in [0.3, 0.4) is 0 Å². The van der Waals surface area contributed by atoms with Crippen LogP contribution in [-0.4, -0.2) is 34.2 Å². The Hall–Kier alpha value is -0.940. The van der Waals surface area contributed by atoms with Crippen molar-refractivity contribution in [2.75, 3.05) is 13.2 Å². The van der Waals surface area contributed by atoms with E-state index in [0.717, 1.165) is 41.7 Å². The van der Waals surface area contributed by atoms with E-state index < -0.39 is 0 Å². The zero-order valence-corrected chi connectivity index (χ0v) is 14.8. The van der Waals surface area contributed by atoms with Crippen molar-refractivity contribution < 1.29 is 5.11 Å². The zero-order valence-electron chi connectivity index (χ0n) is 13.2. The minimum absolute atomic E-state index is 0.278. The van der Waals surface area contributed by atoms with Crippen LogP contribution >= 0.6 is 22.9 Å². The lowest BCUT2D eigenvalue weighted by Gasteiger charge is -2.35. The molecule has 2 heterocycles. The van der Waals surface area contributed by atoms with Crippen LogP contribution in [0.1, 0.15) is 41.9 Å². The van der Waals surface area contributed by atoms with E-state index in [0.29, 0.717) is 6.04 Å². The molecule has 124 valence electrons. The van der Waals surface area contributed by atoms with Crippen LogP contribution < -0.4 is 0 Å². The Bertz CT molecular complexity index is 612. The Morgan fingerprint density at radius 3 is 2.87 bits per heavy atom. The maximum absolute atomic E-state index is 9.24. The van der Waals surface area contributed by atoms with Gasteiger partial charge in [0.1, 0.15) is 0 Å². The molecule has 1 aromatic heterocycles. The molecule has 3 nitrogen and oxygen atoms in total. The Kier molecular flexibility index (Phi) is 6.06. The van der Waals surface area contributed by atoms with E-state index in [9.17, 15) is 5.11 Å². The first-order valence-electron chi connectivity index (χ1n) is 8.27. The van der Waals surface area contributed by atoms with Crippen LogP contribution in [0.5, 0.6) is 0 Å². The number of hydrogen-bond donors (Lipinski definition) is 1. The van der Waals surface area contributed by atoms with Crippen molar-refractivity contribution in [3.63, 3.8) is 0 Å². The molecule has 3 rings (SSSR count). The van der Waals surface area contributed by atoms with Gasteiger partial charge in [-0.2, -0.15) is 0 Å². The van der Waals surface area contributed by atoms with Gasteiger partial charge in [-0.1, -0.05) is 30.2 Å². The third-order valence-electron chi connectivity index (χ3n) is 4.44. The van der Waals surface area contributed by atoms with E-state index in [-0.39, 0.29) is 6.61 Å². The number of aliphatic hydroxyl groups excluding tert-OH is 1. The first-order valence-corrected chi connectivity index (χ1v) is 9.53. The van der Waals surface area contributed by atoms with E-state index >= 15 is 0 Å². The highest BCUT2D eigenvalue weighted by Gasteiger charge is 2.22. The molecule has 2 aromatic rings. The van der Waals surface area contributed by atoms with Crippen molar-refractivity contribution >= 4 is 22.9 Å². The molecule has 1 aliphatic heterocycles. The maximum Gasteiger partial charge on any atom is 0.0972 e. The number of hydrogen-bond acceptors (Lipinski definition) is 4. The number of halogens is 1. The number of aliphatic hydroxyl groups is 1. The molecule has 1 atom stereocenters. The second kappa shape index (κ2) is 8.25. The monoisotopic (exact) mass is 350 g/mol. The average Bonchev–Trinajstić information content (AvgIpc) is 2.99. The van der Waals surface area contributed by atoms with Crippen molar-refractivity contribution in [1.82, 2.24) is 9.88 Å². The number of likely N-dealkylation sites (tertiary alicyclic amines) is 1. The third kappa shape index (κ3) is 4.77. The number of aromatic nitrogens is 1. The van der Waals surface area contributed by atoms with Gasteiger partial charge in [0.15, 0.2) is 0 Å². The minimum atomic E-state index is 0.278. The lowest BCUT2D eigenvalue weighted by atomic mass is 9.99. The Balaban J connectivity index is 1.61. The Morgan fingerprint density at radius 2 is 2.09 bits per heavy atom. The number of benzene rings is 1. The summed E-state index contributed by atoms with van der Waals surface area (Å²) in [7, 11) is 0. The fourth-order valence-corrected chi connectivity index (χ4v) is 4.18. The first kappa shape index (κ1) is 16.9. The molecule has 0 aliphatic carbocycles. The van der Waals surface area contributed by atoms with Crippen molar-refractivity contribution in [1.29, 1.82) is 0 Å². The van der Waals surface area contributed by atoms with Gasteiger partial charge in [-0.05, 0) is 43.5 Å². The third-order valence-corrected chi connectivity index (χ3v) is 5.59. The van der Waals surface area contributed by atoms with Gasteiger partial charge in [-0.3, -0.25) is 4.90 Å². The van der Waals surface area contributed by atoms with Crippen LogP contribution in [-0.2, 0) is 13.0 Å². The molecular formula is C18H23ClN2OS. The van der Waals surface area contributed by atoms with Crippen LogP contribution in [0, 0.1) is 0 Å². The van der Waals surface area contributed by atoms with Gasteiger partial charge in [0, 0.05) is 36.0 Å². The second-order valence-electron chi connectivity index (χ2n) is 6.17. The van der Waals surface area contributed by atoms with Crippen molar-refractivity contribution in [3.8, 4) is 0 Å². The molecule has 0 saturated carbocycles. The molecule has 0 radical (unpaired) electrons. The molecule has 0 amide bonds. The van der Waals surface area contributed by atoms with E-state index in [4.69, 9.17) is 16.6 Å². The number of thiazole rings is 1. The first-order chi connectivity index (χ1) is 11.2. The summed E-state index contributed by atoms with van der Waals surface area (Å²) < 4.78 is 0. The van der Waals surface area contributed by atoms with E-state index in [2.05, 4.69) is 22.4 Å². The summed E-state index contributed by atoms with van der Waals surface area (Å²) in [5, 5.41) is 13.3. The highest BCUT2D eigenvalue weighted by atomic mass is 35.5. The van der Waals surface area contributed by atoms with Crippen molar-refractivity contribution in [2.24, 2.45) is 0 Å². The predicted molar refractivity (Wildman–Crippen MR) is 96.1 cm³/mol. The van der Waals surface area contributed by atoms with Gasteiger partial charge in [0.25, 0.3) is 0 Å². The van der Waals surface area contributed by atoms with E-state index in [1.165, 1.54) is 24.8 Å². The van der Waals surface area contributed by atoms with Gasteiger partial charge in [-0.25, -0.2) is 4.98 Å². The Morgan fingerprint density at radius 1 is 1.26 bits per heavy atom. The summed E-state index contributed by atoms with van der Waals surface area (Å²) in [6.45, 7) is 2.30. The Labute approximate surface area is 146 Å². The van der Waals surface area contributed by atoms with Crippen molar-refractivity contribution in [3.05, 3.63) is 50.9 Å². The average molecular weight is 351 g/mol. The number of rotatable bonds is 6. The topological polar surface area (TPSA) is 36.4 Å². The smallest absolute Gasteiger partial charge is 0.0972 e. The lowest BCUT2D eigenvalue weighted by Crippen LogP contribution is -2.39. The summed E-state index contributed by atoms with van der Waals surface area (Å²) >= 11 is 7.66. The summed E-state index contributed by atoms with van der Waals surface area (Å²) in [4.78, 5) is 7.28. The fourth-order valence-electron chi connectivity index (χ4n) is 3.23. The maximum atomic E-state index is 9.24. The fraction of sp³-hybridized carbons (Fsp3) is 0.500. The highest BCUT2D eigenvalue weighted by Crippen LogP contribution is 2.23. The largest absolute Gasteiger partial charge is 0.396 e. The van der Waals surface area contributed by atoms with Gasteiger partial charge >= 0.3 is 0 Å². The molecule has 1 saturated heterocycles. The van der Waals surface area contributed by atoms with Crippen molar-refractivity contribution in [2.45, 2.75) is 44.7 Å². The second-order valence-corrected chi connectivity index (χ2v) is 7.55. The molecule has 1 N–H and O–H groups in total. The number of piperidine rings is 1. The molecular weight excluding hydrogens is 328 g/mol. The summed E-state index contributed by atoms with van der Waals surface area (Å²) in [6.07, 6.45) is 5.47. The highest BCUT2D eigenvalue weighted by molar-refractivity contribution is 7.09. The van der Waals surface area contributed by atoms with Gasteiger partial charge in [-0.15, -0.1) is 11.3 Å². The van der Waals surface area contributed by atoms with Crippen LogP contribution in [0.4, 0.5) is 0 Å². The quantitative estimate of drug-likeness (QED) is 0.851. The number of nitrogens with zero attached hydrogens (tertiary/aromatic N) is 2. The molecule has 1 unspecified atom stereocenters.